The number of ether oxygens (including phenoxy) is 1. The third kappa shape index (κ3) is 9.23. The van der Waals surface area contributed by atoms with E-state index in [0.717, 1.165) is 37.9 Å². The maximum Gasteiger partial charge on any atom is 0.407 e. The molecule has 0 aromatic heterocycles. The Morgan fingerprint density at radius 1 is 0.731 bits per heavy atom. The van der Waals surface area contributed by atoms with E-state index in [1.807, 2.05) is 30.3 Å². The van der Waals surface area contributed by atoms with Crippen molar-refractivity contribution in [3.8, 4) is 0 Å². The molecule has 2 rings (SSSR count). The van der Waals surface area contributed by atoms with Crippen LogP contribution in [0.1, 0.15) is 36.8 Å². The van der Waals surface area contributed by atoms with Crippen molar-refractivity contribution in [3.05, 3.63) is 71.8 Å². The van der Waals surface area contributed by atoms with Crippen LogP contribution in [0.3, 0.4) is 0 Å². The van der Waals surface area contributed by atoms with Gasteiger partial charge in [-0.3, -0.25) is 0 Å². The van der Waals surface area contributed by atoms with Gasteiger partial charge < -0.3 is 15.4 Å². The highest BCUT2D eigenvalue weighted by Gasteiger charge is 2.01. The Balaban J connectivity index is 1.36. The summed E-state index contributed by atoms with van der Waals surface area (Å²) < 4.78 is 5.18. The average molecular weight is 354 g/mol. The third-order valence-electron chi connectivity index (χ3n) is 4.20. The van der Waals surface area contributed by atoms with Crippen LogP contribution >= 0.6 is 0 Å². The Labute approximate surface area is 157 Å². The molecule has 0 saturated heterocycles. The molecule has 0 radical (unpaired) electrons. The molecule has 2 N–H and O–H groups in total. The Morgan fingerprint density at radius 3 is 2.04 bits per heavy atom. The van der Waals surface area contributed by atoms with E-state index < -0.39 is 0 Å². The van der Waals surface area contributed by atoms with Gasteiger partial charge in [0.05, 0.1) is 0 Å². The van der Waals surface area contributed by atoms with Gasteiger partial charge in [-0.2, -0.15) is 0 Å². The first-order valence-electron chi connectivity index (χ1n) is 9.54. The van der Waals surface area contributed by atoms with Crippen LogP contribution < -0.4 is 10.6 Å². The summed E-state index contributed by atoms with van der Waals surface area (Å²) in [6.45, 7) is 3.08. The zero-order chi connectivity index (χ0) is 18.3. The van der Waals surface area contributed by atoms with Crippen molar-refractivity contribution >= 4 is 6.09 Å². The first kappa shape index (κ1) is 20.0. The van der Waals surface area contributed by atoms with Crippen molar-refractivity contribution in [1.29, 1.82) is 0 Å². The zero-order valence-corrected chi connectivity index (χ0v) is 15.5. The number of hydrogen-bond donors (Lipinski definition) is 2. The SMILES string of the molecule is O=C(NCCCCCCNCCc1ccccc1)OCc1ccccc1. The molecule has 0 heterocycles. The summed E-state index contributed by atoms with van der Waals surface area (Å²) in [6.07, 6.45) is 5.21. The van der Waals surface area contributed by atoms with Crippen LogP contribution in [0.5, 0.6) is 0 Å². The molecule has 0 atom stereocenters. The van der Waals surface area contributed by atoms with Crippen molar-refractivity contribution in [1.82, 2.24) is 10.6 Å². The number of alkyl carbamates (subject to hydrolysis) is 1. The van der Waals surface area contributed by atoms with Crippen molar-refractivity contribution < 1.29 is 9.53 Å². The third-order valence-corrected chi connectivity index (χ3v) is 4.20. The van der Waals surface area contributed by atoms with Gasteiger partial charge in [-0.1, -0.05) is 73.5 Å². The number of benzene rings is 2. The van der Waals surface area contributed by atoms with Crippen LogP contribution in [-0.4, -0.2) is 25.7 Å². The van der Waals surface area contributed by atoms with Crippen LogP contribution in [0.15, 0.2) is 60.7 Å². The van der Waals surface area contributed by atoms with E-state index >= 15 is 0 Å². The highest BCUT2D eigenvalue weighted by Crippen LogP contribution is 2.02. The maximum absolute atomic E-state index is 11.6. The summed E-state index contributed by atoms with van der Waals surface area (Å²) in [5.74, 6) is 0. The summed E-state index contributed by atoms with van der Waals surface area (Å²) in [4.78, 5) is 11.6. The fourth-order valence-electron chi connectivity index (χ4n) is 2.70. The van der Waals surface area contributed by atoms with Gasteiger partial charge in [0, 0.05) is 6.54 Å². The Bertz CT molecular complexity index is 602. The van der Waals surface area contributed by atoms with Gasteiger partial charge in [0.2, 0.25) is 0 Å². The molecule has 2 aromatic rings. The zero-order valence-electron chi connectivity index (χ0n) is 15.5. The number of carbonyl (C=O) groups is 1. The minimum Gasteiger partial charge on any atom is -0.445 e. The van der Waals surface area contributed by atoms with Crippen molar-refractivity contribution in [3.63, 3.8) is 0 Å². The lowest BCUT2D eigenvalue weighted by Crippen LogP contribution is -2.25. The van der Waals surface area contributed by atoms with Crippen LogP contribution in [0.25, 0.3) is 0 Å². The van der Waals surface area contributed by atoms with E-state index in [-0.39, 0.29) is 6.09 Å². The monoisotopic (exact) mass is 354 g/mol. The summed E-state index contributed by atoms with van der Waals surface area (Å²) in [7, 11) is 0. The largest absolute Gasteiger partial charge is 0.445 e. The van der Waals surface area contributed by atoms with Gasteiger partial charge in [-0.25, -0.2) is 4.79 Å². The van der Waals surface area contributed by atoms with E-state index in [0.29, 0.717) is 13.2 Å². The molecule has 4 heteroatoms. The van der Waals surface area contributed by atoms with E-state index in [1.54, 1.807) is 0 Å². The second-order valence-electron chi connectivity index (χ2n) is 6.39. The Kier molecular flexibility index (Phi) is 9.96. The van der Waals surface area contributed by atoms with Crippen molar-refractivity contribution in [2.24, 2.45) is 0 Å². The van der Waals surface area contributed by atoms with Crippen LogP contribution in [-0.2, 0) is 17.8 Å². The van der Waals surface area contributed by atoms with E-state index in [4.69, 9.17) is 4.74 Å². The molecular weight excluding hydrogens is 324 g/mol. The maximum atomic E-state index is 11.6. The molecule has 1 amide bonds. The molecule has 0 aliphatic rings. The summed E-state index contributed by atoms with van der Waals surface area (Å²) >= 11 is 0. The molecule has 2 aromatic carbocycles. The van der Waals surface area contributed by atoms with E-state index in [9.17, 15) is 4.79 Å². The number of unbranched alkanes of at least 4 members (excludes halogenated alkanes) is 3. The fourth-order valence-corrected chi connectivity index (χ4v) is 2.70. The van der Waals surface area contributed by atoms with Crippen LogP contribution in [0, 0.1) is 0 Å². The smallest absolute Gasteiger partial charge is 0.407 e. The van der Waals surface area contributed by atoms with Gasteiger partial charge >= 0.3 is 6.09 Å². The van der Waals surface area contributed by atoms with Crippen LogP contribution in [0.4, 0.5) is 4.79 Å². The van der Waals surface area contributed by atoms with Crippen LogP contribution in [0.2, 0.25) is 0 Å². The predicted octanol–water partition coefficient (Wildman–Crippen LogP) is 4.31. The number of amides is 1. The van der Waals surface area contributed by atoms with Gasteiger partial charge in [0.25, 0.3) is 0 Å². The molecule has 26 heavy (non-hydrogen) atoms. The molecule has 0 aliphatic carbocycles. The molecule has 0 aliphatic heterocycles. The molecule has 4 nitrogen and oxygen atoms in total. The quantitative estimate of drug-likeness (QED) is 0.559. The highest BCUT2D eigenvalue weighted by atomic mass is 16.5. The number of hydrogen-bond acceptors (Lipinski definition) is 3. The van der Waals surface area contributed by atoms with Crippen molar-refractivity contribution in [2.45, 2.75) is 38.7 Å². The summed E-state index contributed by atoms with van der Waals surface area (Å²) in [5.41, 5.74) is 2.38. The van der Waals surface area contributed by atoms with E-state index in [2.05, 4.69) is 41.0 Å². The standard InChI is InChI=1S/C22H30N2O2/c25-22(26-19-21-13-7-4-8-14-21)24-17-10-2-1-9-16-23-18-15-20-11-5-3-6-12-20/h3-8,11-14,23H,1-2,9-10,15-19H2,(H,24,25). The van der Waals surface area contributed by atoms with E-state index in [1.165, 1.54) is 18.4 Å². The summed E-state index contributed by atoms with van der Waals surface area (Å²) in [5, 5.41) is 6.29. The molecular formula is C22H30N2O2. The molecule has 0 fully saturated rings. The predicted molar refractivity (Wildman–Crippen MR) is 106 cm³/mol. The first-order chi connectivity index (χ1) is 12.8. The molecule has 0 bridgehead atoms. The lowest BCUT2D eigenvalue weighted by molar-refractivity contribution is 0.139. The number of nitrogens with one attached hydrogen (secondary N) is 2. The number of carbonyl (C=O) groups excluding carboxylic acids is 1. The normalized spacial score (nSPS) is 10.5. The minimum absolute atomic E-state index is 0.321. The molecule has 0 unspecified atom stereocenters. The van der Waals surface area contributed by atoms with Gasteiger partial charge in [-0.15, -0.1) is 0 Å². The second-order valence-corrected chi connectivity index (χ2v) is 6.39. The van der Waals surface area contributed by atoms with Crippen molar-refractivity contribution in [2.75, 3.05) is 19.6 Å². The fraction of sp³-hybridized carbons (Fsp3) is 0.409. The number of rotatable bonds is 12. The molecule has 0 spiro atoms. The minimum atomic E-state index is -0.337. The van der Waals surface area contributed by atoms with Gasteiger partial charge in [-0.05, 0) is 43.5 Å². The topological polar surface area (TPSA) is 50.4 Å². The first-order valence-corrected chi connectivity index (χ1v) is 9.54. The second kappa shape index (κ2) is 13.0. The van der Waals surface area contributed by atoms with Gasteiger partial charge in [0.1, 0.15) is 6.61 Å². The highest BCUT2D eigenvalue weighted by molar-refractivity contribution is 5.67. The lowest BCUT2D eigenvalue weighted by atomic mass is 10.1. The molecule has 140 valence electrons. The summed E-state index contributed by atoms with van der Waals surface area (Å²) in [6, 6.07) is 20.3. The molecule has 0 saturated carbocycles. The Morgan fingerprint density at radius 2 is 1.35 bits per heavy atom. The Hall–Kier alpha value is -2.33. The van der Waals surface area contributed by atoms with Gasteiger partial charge in [0.15, 0.2) is 0 Å². The lowest BCUT2D eigenvalue weighted by Gasteiger charge is -2.07. The average Bonchev–Trinajstić information content (AvgIpc) is 2.69.